The maximum atomic E-state index is 14.9. The number of aryl methyl sites for hydroxylation is 1. The fraction of sp³-hybridized carbons (Fsp3) is 0.379. The van der Waals surface area contributed by atoms with E-state index in [4.69, 9.17) is 32.7 Å². The van der Waals surface area contributed by atoms with Crippen LogP contribution in [-0.2, 0) is 26.0 Å². The van der Waals surface area contributed by atoms with Crippen LogP contribution >= 0.6 is 50.9 Å². The molecule has 0 spiro atoms. The van der Waals surface area contributed by atoms with Crippen molar-refractivity contribution in [2.75, 3.05) is 18.9 Å². The summed E-state index contributed by atoms with van der Waals surface area (Å²) >= 11 is 16.8. The molecule has 1 aliphatic heterocycles. The Morgan fingerprint density at radius 2 is 1.87 bits per heavy atom. The minimum Gasteiger partial charge on any atom is -0.619 e. The highest BCUT2D eigenvalue weighted by Gasteiger charge is 2.43. The van der Waals surface area contributed by atoms with Gasteiger partial charge in [0.15, 0.2) is 29.3 Å². The Balaban J connectivity index is 1.49. The number of alkyl halides is 2. The molecule has 2 aliphatic rings. The van der Waals surface area contributed by atoms with E-state index in [1.165, 1.54) is 24.3 Å². The van der Waals surface area contributed by atoms with E-state index in [0.717, 1.165) is 47.4 Å². The van der Waals surface area contributed by atoms with Crippen molar-refractivity contribution in [2.45, 2.75) is 49.2 Å². The summed E-state index contributed by atoms with van der Waals surface area (Å²) < 4.78 is 86.3. The topological polar surface area (TPSA) is 109 Å². The lowest BCUT2D eigenvalue weighted by atomic mass is 10.0. The summed E-state index contributed by atoms with van der Waals surface area (Å²) in [5.41, 5.74) is 0.970. The molecule has 1 aliphatic carbocycles. The van der Waals surface area contributed by atoms with E-state index in [2.05, 4.69) is 20.7 Å². The standard InChI is InChI=1S/C29H26BrCl2F3N2O7S2/c1-15-8-26(22(33)11-19(15)30)46(40,41)37-6-7-45-27(37)28(38)43-24(10-18-20(31)12-36(39)13-21(18)32)17-4-5-23(44-29(34)35)25(9-17)42-14-16-2-3-16/h4-5,8-9,11-13,16,24,27,29H,2-3,6-7,10,14H2,1H3. The van der Waals surface area contributed by atoms with Gasteiger partial charge in [0.25, 0.3) is 0 Å². The Labute approximate surface area is 285 Å². The third kappa shape index (κ3) is 7.98. The minimum atomic E-state index is -4.49. The SMILES string of the molecule is Cc1cc(S(=O)(=O)N2CCSC2C(=O)OC(Cc2c(Cl)c[n+]([O-])cc2Cl)c2ccc(OC(F)F)c(OCC3CC3)c2)c(F)cc1Br. The van der Waals surface area contributed by atoms with Gasteiger partial charge in [0.05, 0.1) is 6.61 Å². The number of ether oxygens (including phenoxy) is 3. The molecule has 1 aromatic heterocycles. The largest absolute Gasteiger partial charge is 0.619 e. The molecular formula is C29H26BrCl2F3N2O7S2. The molecule has 17 heteroatoms. The second-order valence-electron chi connectivity index (χ2n) is 10.6. The molecule has 0 radical (unpaired) electrons. The van der Waals surface area contributed by atoms with Crippen molar-refractivity contribution in [3.8, 4) is 11.5 Å². The van der Waals surface area contributed by atoms with Gasteiger partial charge < -0.3 is 19.4 Å². The fourth-order valence-corrected chi connectivity index (χ4v) is 8.80. The number of carbonyl (C=O) groups is 1. The van der Waals surface area contributed by atoms with Crippen LogP contribution in [0.3, 0.4) is 0 Å². The molecule has 1 saturated carbocycles. The molecule has 46 heavy (non-hydrogen) atoms. The van der Waals surface area contributed by atoms with Crippen LogP contribution in [0.4, 0.5) is 13.2 Å². The number of hydrogen-bond donors (Lipinski definition) is 0. The Kier molecular flexibility index (Phi) is 10.9. The number of thioether (sulfide) groups is 1. The lowest BCUT2D eigenvalue weighted by Gasteiger charge is -2.26. The molecule has 2 unspecified atom stereocenters. The number of hydrogen-bond acceptors (Lipinski definition) is 8. The number of benzene rings is 2. The van der Waals surface area contributed by atoms with E-state index in [1.54, 1.807) is 6.92 Å². The number of pyridine rings is 1. The first kappa shape index (κ1) is 34.9. The van der Waals surface area contributed by atoms with Crippen molar-refractivity contribution >= 4 is 66.9 Å². The summed E-state index contributed by atoms with van der Waals surface area (Å²) in [6.07, 6.45) is 2.57. The molecule has 2 fully saturated rings. The first-order chi connectivity index (χ1) is 21.7. The quantitative estimate of drug-likeness (QED) is 0.112. The average Bonchev–Trinajstić information content (AvgIpc) is 3.66. The van der Waals surface area contributed by atoms with Gasteiger partial charge in [-0.15, -0.1) is 11.8 Å². The van der Waals surface area contributed by atoms with E-state index in [1.807, 2.05) is 0 Å². The van der Waals surface area contributed by atoms with Crippen LogP contribution in [0.1, 0.15) is 35.6 Å². The molecule has 9 nitrogen and oxygen atoms in total. The molecule has 0 amide bonds. The van der Waals surface area contributed by atoms with Gasteiger partial charge in [-0.25, -0.2) is 17.6 Å². The highest BCUT2D eigenvalue weighted by atomic mass is 79.9. The van der Waals surface area contributed by atoms with Crippen molar-refractivity contribution in [2.24, 2.45) is 5.92 Å². The van der Waals surface area contributed by atoms with Gasteiger partial charge in [0.1, 0.15) is 26.9 Å². The highest BCUT2D eigenvalue weighted by Crippen LogP contribution is 2.39. The molecule has 2 heterocycles. The Hall–Kier alpha value is -2.43. The van der Waals surface area contributed by atoms with Gasteiger partial charge in [-0.2, -0.15) is 17.8 Å². The third-order valence-electron chi connectivity index (χ3n) is 7.28. The van der Waals surface area contributed by atoms with Gasteiger partial charge in [-0.1, -0.05) is 45.2 Å². The molecule has 248 valence electrons. The number of nitrogens with zero attached hydrogens (tertiary/aromatic N) is 2. The Bertz CT molecular complexity index is 1730. The maximum absolute atomic E-state index is 14.9. The number of sulfonamides is 1. The molecule has 0 N–H and O–H groups in total. The lowest BCUT2D eigenvalue weighted by Crippen LogP contribution is -2.41. The fourth-order valence-electron chi connectivity index (χ4n) is 4.70. The Morgan fingerprint density at radius 3 is 2.52 bits per heavy atom. The van der Waals surface area contributed by atoms with Crippen molar-refractivity contribution in [3.05, 3.63) is 85.0 Å². The molecular weight excluding hydrogens is 760 g/mol. The predicted octanol–water partition coefficient (Wildman–Crippen LogP) is 6.82. The van der Waals surface area contributed by atoms with Crippen LogP contribution < -0.4 is 14.2 Å². The van der Waals surface area contributed by atoms with Crippen LogP contribution in [0.5, 0.6) is 11.5 Å². The normalized spacial score (nSPS) is 17.7. The summed E-state index contributed by atoms with van der Waals surface area (Å²) in [4.78, 5) is 13.1. The monoisotopic (exact) mass is 784 g/mol. The number of carbonyl (C=O) groups excluding carboxylic acids is 1. The number of aromatic nitrogens is 1. The van der Waals surface area contributed by atoms with Crippen LogP contribution in [0.15, 0.2) is 52.1 Å². The van der Waals surface area contributed by atoms with E-state index in [-0.39, 0.29) is 63.9 Å². The van der Waals surface area contributed by atoms with Crippen LogP contribution in [0.25, 0.3) is 0 Å². The first-order valence-corrected chi connectivity index (χ1v) is 17.9. The van der Waals surface area contributed by atoms with E-state index in [0.29, 0.717) is 14.8 Å². The van der Waals surface area contributed by atoms with Crippen molar-refractivity contribution in [1.82, 2.24) is 4.31 Å². The predicted molar refractivity (Wildman–Crippen MR) is 168 cm³/mol. The number of halogens is 6. The molecule has 2 atom stereocenters. The summed E-state index contributed by atoms with van der Waals surface area (Å²) in [5, 5.41) is 10.4. The van der Waals surface area contributed by atoms with Crippen molar-refractivity contribution in [1.29, 1.82) is 0 Å². The zero-order valence-electron chi connectivity index (χ0n) is 23.9. The van der Waals surface area contributed by atoms with Crippen LogP contribution in [0, 0.1) is 23.9 Å². The number of esters is 1. The summed E-state index contributed by atoms with van der Waals surface area (Å²) in [7, 11) is -4.49. The van der Waals surface area contributed by atoms with Crippen LogP contribution in [0.2, 0.25) is 10.0 Å². The van der Waals surface area contributed by atoms with Crippen molar-refractivity contribution < 1.29 is 45.3 Å². The zero-order chi connectivity index (χ0) is 33.3. The number of rotatable bonds is 12. The molecule has 3 aromatic rings. The molecule has 0 bridgehead atoms. The van der Waals surface area contributed by atoms with Gasteiger partial charge in [0.2, 0.25) is 10.0 Å². The van der Waals surface area contributed by atoms with Crippen molar-refractivity contribution in [3.63, 3.8) is 0 Å². The second kappa shape index (κ2) is 14.4. The molecule has 1 saturated heterocycles. The lowest BCUT2D eigenvalue weighted by molar-refractivity contribution is -0.605. The molecule has 5 rings (SSSR count). The third-order valence-corrected chi connectivity index (χ3v) is 12.0. The van der Waals surface area contributed by atoms with Gasteiger partial charge in [-0.05, 0) is 61.1 Å². The minimum absolute atomic E-state index is 0.0195. The summed E-state index contributed by atoms with van der Waals surface area (Å²) in [6.45, 7) is -1.36. The Morgan fingerprint density at radius 1 is 1.17 bits per heavy atom. The average molecular weight is 786 g/mol. The van der Waals surface area contributed by atoms with E-state index < -0.39 is 44.8 Å². The van der Waals surface area contributed by atoms with Gasteiger partial charge in [0, 0.05) is 28.8 Å². The second-order valence-corrected chi connectivity index (χ2v) is 15.3. The van der Waals surface area contributed by atoms with E-state index in [9.17, 15) is 31.6 Å². The highest BCUT2D eigenvalue weighted by molar-refractivity contribution is 9.10. The van der Waals surface area contributed by atoms with Gasteiger partial charge >= 0.3 is 12.6 Å². The zero-order valence-corrected chi connectivity index (χ0v) is 28.7. The van der Waals surface area contributed by atoms with Crippen LogP contribution in [-0.4, -0.2) is 49.6 Å². The van der Waals surface area contributed by atoms with Gasteiger partial charge in [-0.3, -0.25) is 0 Å². The summed E-state index contributed by atoms with van der Waals surface area (Å²) in [6, 6.07) is 6.22. The molecule has 2 aromatic carbocycles. The summed E-state index contributed by atoms with van der Waals surface area (Å²) in [5.74, 6) is -1.73. The van der Waals surface area contributed by atoms with E-state index >= 15 is 0 Å². The maximum Gasteiger partial charge on any atom is 0.387 e. The smallest absolute Gasteiger partial charge is 0.387 e. The first-order valence-electron chi connectivity index (χ1n) is 13.8.